The number of fused-ring (bicyclic) bond motifs is 1. The summed E-state index contributed by atoms with van der Waals surface area (Å²) in [5, 5.41) is 2.76. The SMILES string of the molecule is CO[C@@H]1c2ccccc2OC[C@H]1NC(=O)C(c1ccc(F)cc1F)N1CC(OC(F)(F)F)C1. The molecule has 0 bridgehead atoms. The minimum Gasteiger partial charge on any atom is -0.491 e. The van der Waals surface area contributed by atoms with Crippen molar-refractivity contribution >= 4 is 5.91 Å². The van der Waals surface area contributed by atoms with Gasteiger partial charge in [0, 0.05) is 37.4 Å². The van der Waals surface area contributed by atoms with Gasteiger partial charge >= 0.3 is 6.36 Å². The van der Waals surface area contributed by atoms with E-state index in [-0.39, 0.29) is 25.3 Å². The smallest absolute Gasteiger partial charge is 0.491 e. The Labute approximate surface area is 186 Å². The Morgan fingerprint density at radius 3 is 2.58 bits per heavy atom. The van der Waals surface area contributed by atoms with E-state index in [0.717, 1.165) is 12.1 Å². The lowest BCUT2D eigenvalue weighted by atomic mass is 9.96. The molecule has 0 aliphatic carbocycles. The fourth-order valence-electron chi connectivity index (χ4n) is 4.17. The minimum atomic E-state index is -4.83. The molecule has 1 unspecified atom stereocenters. The van der Waals surface area contributed by atoms with Crippen LogP contribution in [0.5, 0.6) is 5.75 Å². The maximum absolute atomic E-state index is 14.6. The summed E-state index contributed by atoms with van der Waals surface area (Å²) in [5.41, 5.74) is 0.550. The molecule has 1 amide bonds. The summed E-state index contributed by atoms with van der Waals surface area (Å²) < 4.78 is 80.7. The highest BCUT2D eigenvalue weighted by Crippen LogP contribution is 2.36. The van der Waals surface area contributed by atoms with Crippen LogP contribution < -0.4 is 10.1 Å². The molecule has 1 fully saturated rings. The van der Waals surface area contributed by atoms with Gasteiger partial charge in [-0.25, -0.2) is 8.78 Å². The molecule has 4 rings (SSSR count). The van der Waals surface area contributed by atoms with Gasteiger partial charge in [0.25, 0.3) is 0 Å². The van der Waals surface area contributed by atoms with E-state index in [4.69, 9.17) is 9.47 Å². The van der Waals surface area contributed by atoms with Crippen molar-refractivity contribution < 1.29 is 41.0 Å². The summed E-state index contributed by atoms with van der Waals surface area (Å²) >= 11 is 0. The van der Waals surface area contributed by atoms with E-state index in [1.54, 1.807) is 24.3 Å². The topological polar surface area (TPSA) is 60.0 Å². The first-order valence-electron chi connectivity index (χ1n) is 10.1. The lowest BCUT2D eigenvalue weighted by Gasteiger charge is -2.44. The van der Waals surface area contributed by atoms with Gasteiger partial charge in [0.05, 0.1) is 12.1 Å². The maximum atomic E-state index is 14.6. The van der Waals surface area contributed by atoms with E-state index in [2.05, 4.69) is 10.1 Å². The van der Waals surface area contributed by atoms with Crippen LogP contribution >= 0.6 is 0 Å². The van der Waals surface area contributed by atoms with Crippen molar-refractivity contribution in [2.45, 2.75) is 30.7 Å². The van der Waals surface area contributed by atoms with E-state index in [1.807, 2.05) is 0 Å². The molecule has 2 aromatic rings. The van der Waals surface area contributed by atoms with Crippen LogP contribution in [0.3, 0.4) is 0 Å². The van der Waals surface area contributed by atoms with Gasteiger partial charge in [-0.3, -0.25) is 14.4 Å². The number of likely N-dealkylation sites (tertiary alicyclic amines) is 1. The van der Waals surface area contributed by atoms with Gasteiger partial charge in [-0.05, 0) is 12.1 Å². The number of hydrogen-bond acceptors (Lipinski definition) is 5. The predicted molar refractivity (Wildman–Crippen MR) is 105 cm³/mol. The largest absolute Gasteiger partial charge is 0.522 e. The van der Waals surface area contributed by atoms with E-state index >= 15 is 0 Å². The van der Waals surface area contributed by atoms with Crippen LogP contribution in [0.4, 0.5) is 22.0 Å². The van der Waals surface area contributed by atoms with Gasteiger partial charge in [-0.15, -0.1) is 13.2 Å². The number of amides is 1. The zero-order valence-electron chi connectivity index (χ0n) is 17.4. The summed E-state index contributed by atoms with van der Waals surface area (Å²) in [6.45, 7) is -0.446. The summed E-state index contributed by atoms with van der Waals surface area (Å²) in [4.78, 5) is 14.6. The third-order valence-electron chi connectivity index (χ3n) is 5.64. The first-order valence-corrected chi connectivity index (χ1v) is 10.1. The molecule has 0 saturated carbocycles. The number of benzene rings is 2. The van der Waals surface area contributed by atoms with Gasteiger partial charge in [0.15, 0.2) is 0 Å². The van der Waals surface area contributed by atoms with Crippen LogP contribution in [0.15, 0.2) is 42.5 Å². The molecule has 11 heteroatoms. The van der Waals surface area contributed by atoms with Gasteiger partial charge in [0.2, 0.25) is 5.91 Å². The number of nitrogens with zero attached hydrogens (tertiary/aromatic N) is 1. The van der Waals surface area contributed by atoms with Crippen molar-refractivity contribution in [1.82, 2.24) is 10.2 Å². The molecule has 0 spiro atoms. The predicted octanol–water partition coefficient (Wildman–Crippen LogP) is 3.49. The second kappa shape index (κ2) is 9.24. The molecule has 0 aromatic heterocycles. The summed E-state index contributed by atoms with van der Waals surface area (Å²) in [6, 6.07) is 7.90. The molecule has 1 saturated heterocycles. The maximum Gasteiger partial charge on any atom is 0.522 e. The van der Waals surface area contributed by atoms with Crippen LogP contribution in [0.2, 0.25) is 0 Å². The Balaban J connectivity index is 1.55. The van der Waals surface area contributed by atoms with Crippen LogP contribution in [-0.4, -0.2) is 56.1 Å². The number of alkyl halides is 3. The third kappa shape index (κ3) is 5.10. The van der Waals surface area contributed by atoms with Gasteiger partial charge in [-0.1, -0.05) is 24.3 Å². The Bertz CT molecular complexity index is 1010. The molecule has 1 N–H and O–H groups in total. The highest BCUT2D eigenvalue weighted by Gasteiger charge is 2.45. The summed E-state index contributed by atoms with van der Waals surface area (Å²) in [7, 11) is 1.47. The van der Waals surface area contributed by atoms with Crippen molar-refractivity contribution in [1.29, 1.82) is 0 Å². The molecule has 178 valence electrons. The number of carbonyl (C=O) groups excluding carboxylic acids is 1. The normalized spacial score (nSPS) is 22.1. The number of hydrogen-bond donors (Lipinski definition) is 1. The number of carbonyl (C=O) groups is 1. The Kier molecular flexibility index (Phi) is 6.55. The summed E-state index contributed by atoms with van der Waals surface area (Å²) in [6.07, 6.45) is -6.58. The lowest BCUT2D eigenvalue weighted by Crippen LogP contribution is -2.59. The third-order valence-corrected chi connectivity index (χ3v) is 5.64. The Morgan fingerprint density at radius 1 is 1.18 bits per heavy atom. The van der Waals surface area contributed by atoms with Crippen molar-refractivity contribution in [2.75, 3.05) is 26.8 Å². The van der Waals surface area contributed by atoms with Gasteiger partial charge < -0.3 is 14.8 Å². The average Bonchev–Trinajstić information content (AvgIpc) is 2.72. The quantitative estimate of drug-likeness (QED) is 0.653. The fourth-order valence-corrected chi connectivity index (χ4v) is 4.17. The van der Waals surface area contributed by atoms with E-state index in [1.165, 1.54) is 12.0 Å². The molecule has 2 heterocycles. The van der Waals surface area contributed by atoms with Crippen LogP contribution in [-0.2, 0) is 14.3 Å². The number of methoxy groups -OCH3 is 1. The van der Waals surface area contributed by atoms with Gasteiger partial charge in [0.1, 0.15) is 36.1 Å². The lowest BCUT2D eigenvalue weighted by molar-refractivity contribution is -0.355. The highest BCUT2D eigenvalue weighted by atomic mass is 19.4. The minimum absolute atomic E-state index is 0.0691. The molecule has 2 aliphatic rings. The van der Waals surface area contributed by atoms with Crippen LogP contribution in [0.25, 0.3) is 0 Å². The van der Waals surface area contributed by atoms with Gasteiger partial charge in [-0.2, -0.15) is 0 Å². The second-order valence-corrected chi connectivity index (χ2v) is 7.83. The molecule has 2 aliphatic heterocycles. The number of ether oxygens (including phenoxy) is 3. The molecular formula is C22H21F5N2O4. The zero-order chi connectivity index (χ0) is 23.8. The monoisotopic (exact) mass is 472 g/mol. The van der Waals surface area contributed by atoms with Crippen LogP contribution in [0, 0.1) is 11.6 Å². The van der Waals surface area contributed by atoms with E-state index in [9.17, 15) is 26.7 Å². The molecule has 3 atom stereocenters. The first kappa shape index (κ1) is 23.4. The van der Waals surface area contributed by atoms with E-state index < -0.39 is 48.2 Å². The fraction of sp³-hybridized carbons (Fsp3) is 0.409. The van der Waals surface area contributed by atoms with Crippen LogP contribution in [0.1, 0.15) is 23.3 Å². The first-order chi connectivity index (χ1) is 15.7. The van der Waals surface area contributed by atoms with E-state index in [0.29, 0.717) is 17.4 Å². The van der Waals surface area contributed by atoms with Crippen molar-refractivity contribution in [3.63, 3.8) is 0 Å². The van der Waals surface area contributed by atoms with Crippen molar-refractivity contribution in [3.8, 4) is 5.75 Å². The molecule has 2 aromatic carbocycles. The number of halogens is 5. The number of nitrogens with one attached hydrogen (secondary N) is 1. The summed E-state index contributed by atoms with van der Waals surface area (Å²) in [5.74, 6) is -1.90. The van der Waals surface area contributed by atoms with Crippen molar-refractivity contribution in [2.24, 2.45) is 0 Å². The number of para-hydroxylation sites is 1. The number of rotatable bonds is 6. The van der Waals surface area contributed by atoms with Crippen molar-refractivity contribution in [3.05, 3.63) is 65.2 Å². The molecular weight excluding hydrogens is 451 g/mol. The second-order valence-electron chi connectivity index (χ2n) is 7.83. The Hall–Kier alpha value is -2.76. The average molecular weight is 472 g/mol. The molecule has 0 radical (unpaired) electrons. The standard InChI is InChI=1S/C22H21F5N2O4/c1-31-20-15-4-2-3-5-18(15)32-11-17(20)28-21(30)19(14-7-6-12(23)8-16(14)24)29-9-13(10-29)33-22(25,26)27/h2-8,13,17,19-20H,9-11H2,1H3,(H,28,30)/t17-,19?,20-/m1/s1. The zero-order valence-corrected chi connectivity index (χ0v) is 17.4. The Morgan fingerprint density at radius 2 is 1.91 bits per heavy atom. The highest BCUT2D eigenvalue weighted by molar-refractivity contribution is 5.84. The molecule has 33 heavy (non-hydrogen) atoms. The molecule has 6 nitrogen and oxygen atoms in total.